The number of hydrogen-bond acceptors (Lipinski definition) is 5. The van der Waals surface area contributed by atoms with Crippen molar-refractivity contribution in [3.8, 4) is 0 Å². The molecule has 2 N–H and O–H groups in total. The third kappa shape index (κ3) is 11.2. The van der Waals surface area contributed by atoms with Crippen molar-refractivity contribution in [2.45, 2.75) is 45.9 Å². The van der Waals surface area contributed by atoms with E-state index in [1.54, 1.807) is 14.1 Å². The van der Waals surface area contributed by atoms with Crippen molar-refractivity contribution < 1.29 is 22.7 Å². The summed E-state index contributed by atoms with van der Waals surface area (Å²) in [5.41, 5.74) is -1.40. The Labute approximate surface area is 196 Å². The molecule has 0 aliphatic rings. The van der Waals surface area contributed by atoms with Gasteiger partial charge in [0.15, 0.2) is 11.7 Å². The van der Waals surface area contributed by atoms with Crippen molar-refractivity contribution in [3.05, 3.63) is 16.1 Å². The fourth-order valence-corrected chi connectivity index (χ4v) is 3.09. The molecule has 0 aliphatic heterocycles. The number of halogens is 4. The van der Waals surface area contributed by atoms with Gasteiger partial charge in [-0.05, 0) is 26.7 Å². The average Bonchev–Trinajstić information content (AvgIpc) is 3.05. The molecule has 30 heavy (non-hydrogen) atoms. The van der Waals surface area contributed by atoms with Crippen molar-refractivity contribution in [1.82, 2.24) is 20.5 Å². The van der Waals surface area contributed by atoms with E-state index in [9.17, 15) is 18.0 Å². The number of nitrogens with zero attached hydrogens (tertiary/aromatic N) is 3. The molecular weight excluding hydrogens is 534 g/mol. The fraction of sp³-hybridized carbons (Fsp3) is 0.722. The molecule has 0 spiro atoms. The summed E-state index contributed by atoms with van der Waals surface area (Å²) in [6.45, 7) is 8.88. The van der Waals surface area contributed by atoms with E-state index in [4.69, 9.17) is 4.74 Å². The number of aromatic nitrogens is 1. The predicted octanol–water partition coefficient (Wildman–Crippen LogP) is 3.99. The van der Waals surface area contributed by atoms with Crippen LogP contribution in [0.3, 0.4) is 0 Å². The van der Waals surface area contributed by atoms with Gasteiger partial charge < -0.3 is 20.3 Å². The van der Waals surface area contributed by atoms with E-state index < -0.39 is 17.5 Å². The molecule has 1 atom stereocenters. The number of aliphatic imine (C=N–C) groups is 1. The van der Waals surface area contributed by atoms with Crippen LogP contribution in [0.2, 0.25) is 0 Å². The van der Waals surface area contributed by atoms with Crippen molar-refractivity contribution in [2.24, 2.45) is 10.9 Å². The molecule has 12 heteroatoms. The number of thiazole rings is 1. The van der Waals surface area contributed by atoms with Gasteiger partial charge in [0.1, 0.15) is 5.60 Å². The maximum absolute atomic E-state index is 12.6. The van der Waals surface area contributed by atoms with E-state index in [1.807, 2.05) is 27.7 Å². The van der Waals surface area contributed by atoms with Crippen molar-refractivity contribution in [2.75, 3.05) is 33.7 Å². The van der Waals surface area contributed by atoms with Crippen LogP contribution in [0.4, 0.5) is 18.0 Å². The number of carbonyl (C=O) groups is 1. The number of alkyl halides is 3. The number of rotatable bonds is 7. The minimum absolute atomic E-state index is 0. The molecule has 0 aliphatic carbocycles. The Morgan fingerprint density at radius 1 is 1.33 bits per heavy atom. The molecule has 1 unspecified atom stereocenters. The second-order valence-corrected chi connectivity index (χ2v) is 8.66. The quantitative estimate of drug-likeness (QED) is 0.297. The van der Waals surface area contributed by atoms with Crippen LogP contribution in [0.1, 0.15) is 38.4 Å². The summed E-state index contributed by atoms with van der Waals surface area (Å²) in [6.07, 6.45) is -4.44. The highest BCUT2D eigenvalue weighted by Crippen LogP contribution is 2.29. The van der Waals surface area contributed by atoms with Crippen molar-refractivity contribution in [1.29, 1.82) is 0 Å². The van der Waals surface area contributed by atoms with E-state index in [2.05, 4.69) is 20.6 Å². The van der Waals surface area contributed by atoms with E-state index in [-0.39, 0.29) is 36.0 Å². The maximum atomic E-state index is 12.6. The minimum Gasteiger partial charge on any atom is -0.444 e. The zero-order valence-corrected chi connectivity index (χ0v) is 21.2. The highest BCUT2D eigenvalue weighted by atomic mass is 127. The third-order valence-electron chi connectivity index (χ3n) is 3.61. The van der Waals surface area contributed by atoms with Gasteiger partial charge in [0, 0.05) is 45.5 Å². The van der Waals surface area contributed by atoms with Crippen LogP contribution in [-0.2, 0) is 17.3 Å². The van der Waals surface area contributed by atoms with Gasteiger partial charge in [-0.15, -0.1) is 35.3 Å². The molecular formula is C18H31F3IN5O2S. The second-order valence-electron chi connectivity index (χ2n) is 7.72. The van der Waals surface area contributed by atoms with Crippen LogP contribution in [0.15, 0.2) is 10.4 Å². The third-order valence-corrected chi connectivity index (χ3v) is 4.51. The van der Waals surface area contributed by atoms with E-state index >= 15 is 0 Å². The van der Waals surface area contributed by atoms with Gasteiger partial charge in [-0.3, -0.25) is 4.99 Å². The fourth-order valence-electron chi connectivity index (χ4n) is 2.28. The van der Waals surface area contributed by atoms with E-state index in [0.717, 1.165) is 16.7 Å². The van der Waals surface area contributed by atoms with Crippen LogP contribution < -0.4 is 10.6 Å². The minimum atomic E-state index is -4.41. The van der Waals surface area contributed by atoms with Gasteiger partial charge >= 0.3 is 12.3 Å². The largest absolute Gasteiger partial charge is 0.444 e. The highest BCUT2D eigenvalue weighted by molar-refractivity contribution is 14.0. The lowest BCUT2D eigenvalue weighted by atomic mass is 10.1. The molecule has 0 aromatic carbocycles. The first kappa shape index (κ1) is 28.7. The van der Waals surface area contributed by atoms with Crippen LogP contribution in [0.25, 0.3) is 0 Å². The van der Waals surface area contributed by atoms with Gasteiger partial charge in [0.25, 0.3) is 0 Å². The molecule has 0 bridgehead atoms. The van der Waals surface area contributed by atoms with Gasteiger partial charge in [0.2, 0.25) is 0 Å². The average molecular weight is 565 g/mol. The summed E-state index contributed by atoms with van der Waals surface area (Å²) < 4.78 is 43.0. The monoisotopic (exact) mass is 565 g/mol. The number of carbonyl (C=O) groups excluding carboxylic acids is 1. The molecule has 174 valence electrons. The standard InChI is InChI=1S/C18H30F3N5O2S.HI/c1-12(10-26(6)16(27)28-17(2,3)4)9-24-15(22-5)23-8-7-14-25-13(11-29-14)18(19,20)21;/h11-12H,7-10H2,1-6H3,(H2,22,23,24);1H. The molecule has 1 aromatic heterocycles. The molecule has 1 heterocycles. The topological polar surface area (TPSA) is 78.9 Å². The Bertz CT molecular complexity index is 692. The number of ether oxygens (including phenoxy) is 1. The molecule has 1 rings (SSSR count). The Morgan fingerprint density at radius 3 is 2.47 bits per heavy atom. The van der Waals surface area contributed by atoms with Crippen molar-refractivity contribution in [3.63, 3.8) is 0 Å². The Kier molecular flexibility index (Phi) is 12.0. The number of guanidine groups is 1. The van der Waals surface area contributed by atoms with Gasteiger partial charge in [0.05, 0.1) is 5.01 Å². The van der Waals surface area contributed by atoms with E-state index in [1.165, 1.54) is 4.90 Å². The first-order valence-electron chi connectivity index (χ1n) is 9.22. The first-order valence-corrected chi connectivity index (χ1v) is 10.1. The number of amides is 1. The van der Waals surface area contributed by atoms with Gasteiger partial charge in [-0.1, -0.05) is 6.92 Å². The summed E-state index contributed by atoms with van der Waals surface area (Å²) in [7, 11) is 3.29. The lowest BCUT2D eigenvalue weighted by Crippen LogP contribution is -2.43. The summed E-state index contributed by atoms with van der Waals surface area (Å²) in [5, 5.41) is 7.62. The summed E-state index contributed by atoms with van der Waals surface area (Å²) in [6, 6.07) is 0. The molecule has 1 aromatic rings. The van der Waals surface area contributed by atoms with Crippen LogP contribution in [0.5, 0.6) is 0 Å². The maximum Gasteiger partial charge on any atom is 0.434 e. The predicted molar refractivity (Wildman–Crippen MR) is 124 cm³/mol. The Balaban J connectivity index is 0.00000841. The molecule has 0 saturated heterocycles. The van der Waals surface area contributed by atoms with Gasteiger partial charge in [-0.25, -0.2) is 9.78 Å². The Morgan fingerprint density at radius 2 is 1.97 bits per heavy atom. The van der Waals surface area contributed by atoms with Crippen LogP contribution >= 0.6 is 35.3 Å². The summed E-state index contributed by atoms with van der Waals surface area (Å²) >= 11 is 0.986. The zero-order valence-electron chi connectivity index (χ0n) is 18.1. The highest BCUT2D eigenvalue weighted by Gasteiger charge is 2.33. The second kappa shape index (κ2) is 12.5. The SMILES string of the molecule is CN=C(NCCc1nc(C(F)(F)F)cs1)NCC(C)CN(C)C(=O)OC(C)(C)C.I. The summed E-state index contributed by atoms with van der Waals surface area (Å²) in [4.78, 5) is 21.2. The van der Waals surface area contributed by atoms with E-state index in [0.29, 0.717) is 37.0 Å². The number of hydrogen-bond donors (Lipinski definition) is 2. The van der Waals surface area contributed by atoms with Crippen molar-refractivity contribution >= 4 is 47.4 Å². The summed E-state index contributed by atoms with van der Waals surface area (Å²) in [5.74, 6) is 0.656. The normalized spacial score (nSPS) is 13.3. The Hall–Kier alpha value is -1.31. The number of nitrogens with one attached hydrogen (secondary N) is 2. The zero-order chi connectivity index (χ0) is 22.2. The molecule has 0 fully saturated rings. The smallest absolute Gasteiger partial charge is 0.434 e. The molecule has 0 radical (unpaired) electrons. The molecule has 0 saturated carbocycles. The van der Waals surface area contributed by atoms with Crippen LogP contribution in [-0.4, -0.2) is 61.3 Å². The lowest BCUT2D eigenvalue weighted by Gasteiger charge is -2.26. The lowest BCUT2D eigenvalue weighted by molar-refractivity contribution is -0.140. The first-order chi connectivity index (χ1) is 13.3. The van der Waals surface area contributed by atoms with Gasteiger partial charge in [-0.2, -0.15) is 13.2 Å². The van der Waals surface area contributed by atoms with Crippen LogP contribution in [0, 0.1) is 5.92 Å². The molecule has 1 amide bonds. The molecule has 7 nitrogen and oxygen atoms in total.